The maximum absolute atomic E-state index is 5.24. The molecule has 0 unspecified atom stereocenters. The quantitative estimate of drug-likeness (QED) is 0.432. The zero-order valence-electron chi connectivity index (χ0n) is 9.74. The van der Waals surface area contributed by atoms with Crippen LogP contribution in [0.5, 0.6) is 0 Å². The summed E-state index contributed by atoms with van der Waals surface area (Å²) in [5.74, 6) is 0. The average molecular weight is 220 g/mol. The topological polar surface area (TPSA) is 51.0 Å². The maximum atomic E-state index is 5.24. The molecule has 0 aliphatic rings. The number of rotatable bonds is 12. The minimum Gasteiger partial charge on any atom is -0.382 e. The van der Waals surface area contributed by atoms with Crippen molar-refractivity contribution in [1.29, 1.82) is 0 Å². The second-order valence-electron chi connectivity index (χ2n) is 2.88. The Morgan fingerprint density at radius 3 is 1.53 bits per heavy atom. The lowest BCUT2D eigenvalue weighted by molar-refractivity contribution is 0.0634. The van der Waals surface area contributed by atoms with Crippen molar-refractivity contribution in [2.75, 3.05) is 67.0 Å². The van der Waals surface area contributed by atoms with Crippen molar-refractivity contribution in [1.82, 2.24) is 5.32 Å². The van der Waals surface area contributed by atoms with Gasteiger partial charge in [-0.1, -0.05) is 0 Å². The number of methoxy groups -OCH3 is 2. The second-order valence-corrected chi connectivity index (χ2v) is 2.88. The van der Waals surface area contributed by atoms with Crippen LogP contribution in [0.4, 0.5) is 0 Å². The van der Waals surface area contributed by atoms with Gasteiger partial charge in [-0.3, -0.25) is 0 Å². The molecule has 0 aliphatic carbocycles. The Morgan fingerprint density at radius 2 is 1.13 bits per heavy atom. The van der Waals surface area contributed by atoms with Gasteiger partial charge in [0.25, 0.3) is 0 Å². The summed E-state index contributed by atoms with van der Waals surface area (Å²) < 4.78 is 20.2. The van der Waals surface area contributed by atoms with Crippen LogP contribution < -0.4 is 5.32 Å². The lowest BCUT2D eigenvalue weighted by atomic mass is 10.6. The second kappa shape index (κ2) is 13.8. The molecule has 15 heavy (non-hydrogen) atoms. The lowest BCUT2D eigenvalue weighted by Gasteiger charge is -2.05. The molecule has 0 aliphatic heterocycles. The highest BCUT2D eigenvalue weighted by atomic mass is 16.5. The number of ether oxygens (including phenoxy) is 4. The molecule has 0 aromatic heterocycles. The molecular formula is C10H22NO4. The normalized spacial score (nSPS) is 10.8. The molecule has 0 heterocycles. The predicted molar refractivity (Wildman–Crippen MR) is 57.3 cm³/mol. The van der Waals surface area contributed by atoms with Gasteiger partial charge in [0.2, 0.25) is 0 Å². The third-order valence-corrected chi connectivity index (χ3v) is 1.65. The van der Waals surface area contributed by atoms with Crippen molar-refractivity contribution in [2.24, 2.45) is 0 Å². The Morgan fingerprint density at radius 1 is 0.667 bits per heavy atom. The summed E-state index contributed by atoms with van der Waals surface area (Å²) in [6.45, 7) is 5.30. The molecule has 5 nitrogen and oxygen atoms in total. The summed E-state index contributed by atoms with van der Waals surface area (Å²) in [6.07, 6.45) is 0. The summed E-state index contributed by atoms with van der Waals surface area (Å²) in [7, 11) is 3.32. The lowest BCUT2D eigenvalue weighted by Crippen LogP contribution is -2.19. The van der Waals surface area contributed by atoms with Gasteiger partial charge in [0.15, 0.2) is 0 Å². The highest BCUT2D eigenvalue weighted by Gasteiger charge is 1.91. The van der Waals surface area contributed by atoms with E-state index >= 15 is 0 Å². The van der Waals surface area contributed by atoms with Gasteiger partial charge in [0, 0.05) is 27.3 Å². The van der Waals surface area contributed by atoms with E-state index in [4.69, 9.17) is 18.9 Å². The zero-order valence-corrected chi connectivity index (χ0v) is 9.74. The zero-order chi connectivity index (χ0) is 11.2. The summed E-state index contributed by atoms with van der Waals surface area (Å²) in [6, 6.07) is 0. The smallest absolute Gasteiger partial charge is 0.0700 e. The highest BCUT2D eigenvalue weighted by molar-refractivity contribution is 4.44. The van der Waals surface area contributed by atoms with E-state index in [-0.39, 0.29) is 0 Å². The molecule has 0 N–H and O–H groups in total. The maximum Gasteiger partial charge on any atom is 0.0700 e. The Hall–Kier alpha value is -0.200. The van der Waals surface area contributed by atoms with Crippen LogP contribution in [-0.2, 0) is 18.9 Å². The van der Waals surface area contributed by atoms with Crippen LogP contribution in [0.15, 0.2) is 0 Å². The molecule has 0 bridgehead atoms. The molecular weight excluding hydrogens is 198 g/mol. The molecule has 0 aromatic carbocycles. The molecule has 91 valence electrons. The van der Waals surface area contributed by atoms with E-state index in [2.05, 4.69) is 5.32 Å². The van der Waals surface area contributed by atoms with E-state index in [1.165, 1.54) is 0 Å². The Balaban J connectivity index is 2.81. The average Bonchev–Trinajstić information content (AvgIpc) is 2.26. The van der Waals surface area contributed by atoms with Gasteiger partial charge in [-0.25, -0.2) is 5.32 Å². The molecule has 0 atom stereocenters. The molecule has 0 spiro atoms. The van der Waals surface area contributed by atoms with Gasteiger partial charge in [-0.05, 0) is 0 Å². The van der Waals surface area contributed by atoms with E-state index in [1.807, 2.05) is 0 Å². The molecule has 0 fully saturated rings. The first-order valence-electron chi connectivity index (χ1n) is 5.18. The van der Waals surface area contributed by atoms with Crippen molar-refractivity contribution >= 4 is 0 Å². The first-order valence-corrected chi connectivity index (χ1v) is 5.18. The number of nitrogens with zero attached hydrogens (tertiary/aromatic N) is 1. The van der Waals surface area contributed by atoms with Gasteiger partial charge in [0.1, 0.15) is 0 Å². The molecule has 0 saturated heterocycles. The minimum atomic E-state index is 0.635. The van der Waals surface area contributed by atoms with E-state index in [1.54, 1.807) is 14.2 Å². The summed E-state index contributed by atoms with van der Waals surface area (Å²) in [5, 5.41) is 4.24. The predicted octanol–water partition coefficient (Wildman–Crippen LogP) is -0.0832. The Bertz CT molecular complexity index is 102. The van der Waals surface area contributed by atoms with E-state index in [0.29, 0.717) is 39.6 Å². The van der Waals surface area contributed by atoms with Crippen molar-refractivity contribution < 1.29 is 18.9 Å². The van der Waals surface area contributed by atoms with Crippen molar-refractivity contribution in [3.8, 4) is 0 Å². The standard InChI is InChI=1S/C10H22NO4/c1-12-7-9-14-5-3-11-4-6-15-10-8-13-2/h3-10H2,1-2H3. The van der Waals surface area contributed by atoms with Crippen molar-refractivity contribution in [3.63, 3.8) is 0 Å². The van der Waals surface area contributed by atoms with Gasteiger partial charge < -0.3 is 18.9 Å². The number of hydrogen-bond donors (Lipinski definition) is 0. The van der Waals surface area contributed by atoms with E-state index < -0.39 is 0 Å². The summed E-state index contributed by atoms with van der Waals surface area (Å²) in [5.41, 5.74) is 0. The third-order valence-electron chi connectivity index (χ3n) is 1.65. The van der Waals surface area contributed by atoms with E-state index in [0.717, 1.165) is 13.1 Å². The van der Waals surface area contributed by atoms with Crippen LogP contribution in [0.2, 0.25) is 0 Å². The Labute approximate surface area is 92.0 Å². The summed E-state index contributed by atoms with van der Waals surface area (Å²) in [4.78, 5) is 0. The SMILES string of the molecule is COCCOCC[N]CCOCCOC. The molecule has 5 heteroatoms. The largest absolute Gasteiger partial charge is 0.382 e. The molecule has 1 radical (unpaired) electrons. The fourth-order valence-corrected chi connectivity index (χ4v) is 0.859. The first-order chi connectivity index (χ1) is 7.41. The van der Waals surface area contributed by atoms with Crippen LogP contribution in [0, 0.1) is 0 Å². The molecule has 0 amide bonds. The first kappa shape index (κ1) is 14.8. The fraction of sp³-hybridized carbons (Fsp3) is 1.00. The van der Waals surface area contributed by atoms with Crippen molar-refractivity contribution in [2.45, 2.75) is 0 Å². The third kappa shape index (κ3) is 13.8. The van der Waals surface area contributed by atoms with Gasteiger partial charge in [-0.2, -0.15) is 0 Å². The summed E-state index contributed by atoms with van der Waals surface area (Å²) >= 11 is 0. The monoisotopic (exact) mass is 220 g/mol. The molecule has 0 saturated carbocycles. The van der Waals surface area contributed by atoms with Crippen LogP contribution in [0.3, 0.4) is 0 Å². The number of hydrogen-bond acceptors (Lipinski definition) is 4. The van der Waals surface area contributed by atoms with Gasteiger partial charge >= 0.3 is 0 Å². The van der Waals surface area contributed by atoms with Gasteiger partial charge in [0.05, 0.1) is 39.6 Å². The molecule has 0 aromatic rings. The Kier molecular flexibility index (Phi) is 13.6. The highest BCUT2D eigenvalue weighted by Crippen LogP contribution is 1.78. The van der Waals surface area contributed by atoms with Crippen LogP contribution in [0.25, 0.3) is 0 Å². The van der Waals surface area contributed by atoms with Crippen molar-refractivity contribution in [3.05, 3.63) is 0 Å². The van der Waals surface area contributed by atoms with Gasteiger partial charge in [-0.15, -0.1) is 0 Å². The van der Waals surface area contributed by atoms with Crippen LogP contribution in [-0.4, -0.2) is 67.0 Å². The van der Waals surface area contributed by atoms with Crippen LogP contribution in [0.1, 0.15) is 0 Å². The molecule has 0 rings (SSSR count). The minimum absolute atomic E-state index is 0.635. The van der Waals surface area contributed by atoms with E-state index in [9.17, 15) is 0 Å². The van der Waals surface area contributed by atoms with Crippen LogP contribution >= 0.6 is 0 Å². The fourth-order valence-electron chi connectivity index (χ4n) is 0.859.